The minimum Gasteiger partial charge on any atom is -0.480 e. The number of carbonyl (C=O) groups is 1. The second-order valence-electron chi connectivity index (χ2n) is 6.71. The van der Waals surface area contributed by atoms with Crippen LogP contribution in [0.4, 0.5) is 8.78 Å². The van der Waals surface area contributed by atoms with Crippen molar-refractivity contribution in [3.05, 3.63) is 41.3 Å². The minimum atomic E-state index is -2.97. The number of H-pyrrole nitrogens is 1. The number of carbonyl (C=O) groups excluding carboxylic acids is 1. The highest BCUT2D eigenvalue weighted by Gasteiger charge is 2.53. The molecular weight excluding hydrogens is 406 g/mol. The van der Waals surface area contributed by atoms with Gasteiger partial charge in [-0.15, -0.1) is 0 Å². The van der Waals surface area contributed by atoms with Gasteiger partial charge in [0, 0.05) is 22.2 Å². The van der Waals surface area contributed by atoms with Gasteiger partial charge in [0.2, 0.25) is 5.88 Å². The summed E-state index contributed by atoms with van der Waals surface area (Å²) in [5.74, 6) is -0.142. The standard InChI is InChI=1S/C19H17ClF2N4O3/c1-28-16-9-23-15(8-24-16)12-6-14-10(5-13(12)20)4-11(26-14)7-25-17(27)19(2-3-19)29-18(21)22/h4-6,8-9,18,26H,2-3,7H2,1H3,(H,25,27). The number of benzene rings is 1. The molecule has 2 N–H and O–H groups in total. The number of ether oxygens (including phenoxy) is 2. The molecule has 0 bridgehead atoms. The molecule has 1 aliphatic carbocycles. The maximum Gasteiger partial charge on any atom is 0.346 e. The molecule has 0 saturated heterocycles. The molecule has 2 heterocycles. The molecule has 1 saturated carbocycles. The van der Waals surface area contributed by atoms with Gasteiger partial charge >= 0.3 is 6.61 Å². The molecule has 2 aromatic heterocycles. The summed E-state index contributed by atoms with van der Waals surface area (Å²) < 4.78 is 34.4. The number of amides is 1. The van der Waals surface area contributed by atoms with E-state index in [1.807, 2.05) is 12.1 Å². The van der Waals surface area contributed by atoms with Crippen molar-refractivity contribution in [3.8, 4) is 17.1 Å². The second kappa shape index (κ2) is 7.57. The number of fused-ring (bicyclic) bond motifs is 1. The Kier molecular flexibility index (Phi) is 5.10. The lowest BCUT2D eigenvalue weighted by molar-refractivity contribution is -0.183. The number of alkyl halides is 2. The molecule has 10 heteroatoms. The van der Waals surface area contributed by atoms with Crippen molar-refractivity contribution in [2.75, 3.05) is 7.11 Å². The molecule has 0 radical (unpaired) electrons. The molecule has 1 amide bonds. The van der Waals surface area contributed by atoms with E-state index in [-0.39, 0.29) is 19.4 Å². The van der Waals surface area contributed by atoms with Crippen LogP contribution < -0.4 is 10.1 Å². The van der Waals surface area contributed by atoms with Crippen LogP contribution in [-0.2, 0) is 16.1 Å². The Balaban J connectivity index is 1.51. The molecule has 152 valence electrons. The van der Waals surface area contributed by atoms with E-state index in [2.05, 4.69) is 25.0 Å². The first-order valence-electron chi connectivity index (χ1n) is 8.82. The fourth-order valence-corrected chi connectivity index (χ4v) is 3.35. The molecule has 7 nitrogen and oxygen atoms in total. The Morgan fingerprint density at radius 3 is 2.72 bits per heavy atom. The lowest BCUT2D eigenvalue weighted by Gasteiger charge is -2.15. The van der Waals surface area contributed by atoms with Gasteiger partial charge in [-0.1, -0.05) is 11.6 Å². The zero-order valence-electron chi connectivity index (χ0n) is 15.3. The number of halogens is 3. The molecule has 1 aromatic carbocycles. The Labute approximate surface area is 169 Å². The van der Waals surface area contributed by atoms with E-state index in [9.17, 15) is 13.6 Å². The quantitative estimate of drug-likeness (QED) is 0.606. The van der Waals surface area contributed by atoms with Gasteiger partial charge in [-0.3, -0.25) is 4.79 Å². The first kappa shape index (κ1) is 19.5. The first-order chi connectivity index (χ1) is 13.9. The lowest BCUT2D eigenvalue weighted by atomic mass is 10.1. The van der Waals surface area contributed by atoms with E-state index < -0.39 is 18.1 Å². The summed E-state index contributed by atoms with van der Waals surface area (Å²) in [6.45, 7) is -2.82. The van der Waals surface area contributed by atoms with Crippen molar-refractivity contribution in [1.82, 2.24) is 20.3 Å². The van der Waals surface area contributed by atoms with Crippen LogP contribution in [0.15, 0.2) is 30.6 Å². The summed E-state index contributed by atoms with van der Waals surface area (Å²) in [7, 11) is 1.51. The third-order valence-corrected chi connectivity index (χ3v) is 5.06. The second-order valence-corrected chi connectivity index (χ2v) is 7.12. The maximum atomic E-state index is 12.5. The van der Waals surface area contributed by atoms with Crippen molar-refractivity contribution in [2.45, 2.75) is 31.6 Å². The zero-order valence-corrected chi connectivity index (χ0v) is 16.1. The highest BCUT2D eigenvalue weighted by molar-refractivity contribution is 6.34. The predicted octanol–water partition coefficient (Wildman–Crippen LogP) is 3.67. The zero-order chi connectivity index (χ0) is 20.6. The summed E-state index contributed by atoms with van der Waals surface area (Å²) in [5.41, 5.74) is 1.37. The van der Waals surface area contributed by atoms with Crippen LogP contribution in [-0.4, -0.2) is 40.2 Å². The Hall–Kier alpha value is -2.78. The first-order valence-corrected chi connectivity index (χ1v) is 9.20. The van der Waals surface area contributed by atoms with Crippen molar-refractivity contribution in [2.24, 2.45) is 0 Å². The van der Waals surface area contributed by atoms with E-state index in [1.54, 1.807) is 12.3 Å². The Morgan fingerprint density at radius 2 is 2.10 bits per heavy atom. The van der Waals surface area contributed by atoms with Gasteiger partial charge in [0.05, 0.1) is 36.8 Å². The van der Waals surface area contributed by atoms with Gasteiger partial charge in [0.25, 0.3) is 5.91 Å². The molecular formula is C19H17ClF2N4O3. The van der Waals surface area contributed by atoms with Gasteiger partial charge in [0.15, 0.2) is 5.60 Å². The molecule has 1 fully saturated rings. The van der Waals surface area contributed by atoms with E-state index in [4.69, 9.17) is 16.3 Å². The van der Waals surface area contributed by atoms with E-state index >= 15 is 0 Å². The normalized spacial score (nSPS) is 14.9. The van der Waals surface area contributed by atoms with Crippen molar-refractivity contribution < 1.29 is 23.0 Å². The smallest absolute Gasteiger partial charge is 0.346 e. The maximum absolute atomic E-state index is 12.5. The highest BCUT2D eigenvalue weighted by atomic mass is 35.5. The van der Waals surface area contributed by atoms with Crippen LogP contribution >= 0.6 is 11.6 Å². The fourth-order valence-electron chi connectivity index (χ4n) is 3.08. The number of aromatic amines is 1. The van der Waals surface area contributed by atoms with Crippen LogP contribution in [0.3, 0.4) is 0 Å². The monoisotopic (exact) mass is 422 g/mol. The molecule has 0 spiro atoms. The van der Waals surface area contributed by atoms with E-state index in [1.165, 1.54) is 13.3 Å². The third kappa shape index (κ3) is 4.01. The van der Waals surface area contributed by atoms with Crippen molar-refractivity contribution in [3.63, 3.8) is 0 Å². The van der Waals surface area contributed by atoms with Crippen LogP contribution in [0.5, 0.6) is 5.88 Å². The molecule has 1 aliphatic rings. The van der Waals surface area contributed by atoms with Gasteiger partial charge in [0.1, 0.15) is 0 Å². The minimum absolute atomic E-state index is 0.150. The number of rotatable bonds is 7. The van der Waals surface area contributed by atoms with Crippen LogP contribution in [0.2, 0.25) is 5.02 Å². The van der Waals surface area contributed by atoms with E-state index in [0.717, 1.165) is 10.9 Å². The van der Waals surface area contributed by atoms with Gasteiger partial charge in [-0.25, -0.2) is 9.97 Å². The van der Waals surface area contributed by atoms with Gasteiger partial charge in [-0.2, -0.15) is 8.78 Å². The number of nitrogens with one attached hydrogen (secondary N) is 2. The average Bonchev–Trinajstić information content (AvgIpc) is 3.36. The average molecular weight is 423 g/mol. The predicted molar refractivity (Wildman–Crippen MR) is 102 cm³/mol. The molecule has 4 rings (SSSR count). The van der Waals surface area contributed by atoms with Crippen molar-refractivity contribution >= 4 is 28.4 Å². The molecule has 0 atom stereocenters. The summed E-state index contributed by atoms with van der Waals surface area (Å²) >= 11 is 6.39. The third-order valence-electron chi connectivity index (χ3n) is 4.75. The number of hydrogen-bond acceptors (Lipinski definition) is 5. The fraction of sp³-hybridized carbons (Fsp3) is 0.316. The van der Waals surface area contributed by atoms with E-state index in [0.29, 0.717) is 27.9 Å². The molecule has 3 aromatic rings. The summed E-state index contributed by atoms with van der Waals surface area (Å²) in [6.07, 6.45) is 3.64. The Bertz CT molecular complexity index is 1050. The molecule has 0 unspecified atom stereocenters. The molecule has 29 heavy (non-hydrogen) atoms. The topological polar surface area (TPSA) is 89.1 Å². The van der Waals surface area contributed by atoms with Crippen LogP contribution in [0.1, 0.15) is 18.5 Å². The van der Waals surface area contributed by atoms with Gasteiger partial charge in [-0.05, 0) is 31.0 Å². The van der Waals surface area contributed by atoms with Crippen LogP contribution in [0, 0.1) is 0 Å². The summed E-state index contributed by atoms with van der Waals surface area (Å²) in [6, 6.07) is 5.45. The number of nitrogens with zero attached hydrogens (tertiary/aromatic N) is 2. The highest BCUT2D eigenvalue weighted by Crippen LogP contribution is 2.41. The van der Waals surface area contributed by atoms with Crippen molar-refractivity contribution in [1.29, 1.82) is 0 Å². The lowest BCUT2D eigenvalue weighted by Crippen LogP contribution is -2.39. The summed E-state index contributed by atoms with van der Waals surface area (Å²) in [5, 5.41) is 3.98. The van der Waals surface area contributed by atoms with Crippen LogP contribution in [0.25, 0.3) is 22.2 Å². The molecule has 0 aliphatic heterocycles. The number of hydrogen-bond donors (Lipinski definition) is 2. The largest absolute Gasteiger partial charge is 0.480 e. The number of methoxy groups -OCH3 is 1. The number of aromatic nitrogens is 3. The Morgan fingerprint density at radius 1 is 1.31 bits per heavy atom. The van der Waals surface area contributed by atoms with Gasteiger partial charge < -0.3 is 19.8 Å². The SMILES string of the molecule is COc1cnc(-c2cc3[nH]c(CNC(=O)C4(OC(F)F)CC4)cc3cc2Cl)cn1. The summed E-state index contributed by atoms with van der Waals surface area (Å²) in [4.78, 5) is 23.8.